The fraction of sp³-hybridized carbons (Fsp3) is 0.449. The van der Waals surface area contributed by atoms with Crippen LogP contribution in [0.2, 0.25) is 130 Å². The van der Waals surface area contributed by atoms with Gasteiger partial charge in [-0.1, -0.05) is 109 Å². The number of esters is 2. The lowest BCUT2D eigenvalue weighted by Gasteiger charge is -2.41. The minimum absolute atomic E-state index is 0.236. The van der Waals surface area contributed by atoms with Crippen LogP contribution in [0.5, 0.6) is 23.0 Å². The Kier molecular flexibility index (Phi) is 23.5. The second kappa shape index (κ2) is 29.1. The molecule has 1 aliphatic rings. The standard InChI is InChI=1S/C69H102O12Si8/c1-53-47-55(41-43-63(53)74-67(70)51-72-65-39-27-21-31-57(65)33-29-45-88(19,78-84(9,10)11)80-86(15,16)76-82(3,4)5)49-69(61-37-25-23-35-59(61)60-36-24-26-38-62(60)69)50-56-42-44-64(54(2)48-56)75-68(71)52-73-66-40-28-22-32-58(66)34-30-46-89(20,79-85(12,13)14)81-87(17,18)77-83(6,7)8/h21-28,31-32,35-44,47-48H,29-30,33-34,45-46,49-52H2,1-20H3. The summed E-state index contributed by atoms with van der Waals surface area (Å²) in [6.45, 7) is 43.1. The highest BCUT2D eigenvalue weighted by molar-refractivity contribution is 6.90. The van der Waals surface area contributed by atoms with Crippen molar-refractivity contribution in [3.8, 4) is 34.1 Å². The van der Waals surface area contributed by atoms with Crippen molar-refractivity contribution >= 4 is 79.5 Å². The summed E-state index contributed by atoms with van der Waals surface area (Å²) in [5, 5.41) is 0. The number of fused-ring (bicyclic) bond motifs is 3. The van der Waals surface area contributed by atoms with E-state index in [9.17, 15) is 9.59 Å². The molecule has 0 aliphatic heterocycles. The van der Waals surface area contributed by atoms with Gasteiger partial charge in [0.15, 0.2) is 46.5 Å². The zero-order valence-corrected chi connectivity index (χ0v) is 65.2. The molecule has 0 saturated carbocycles. The van der Waals surface area contributed by atoms with Gasteiger partial charge in [-0.25, -0.2) is 9.59 Å². The molecule has 0 radical (unpaired) electrons. The predicted octanol–water partition coefficient (Wildman–Crippen LogP) is 17.9. The first-order chi connectivity index (χ1) is 41.3. The highest BCUT2D eigenvalue weighted by Crippen LogP contribution is 2.52. The Bertz CT molecular complexity index is 3180. The number of carbonyl (C=O) groups is 2. The lowest BCUT2D eigenvalue weighted by molar-refractivity contribution is -0.137. The molecule has 0 bridgehead atoms. The highest BCUT2D eigenvalue weighted by atomic mass is 28.5. The van der Waals surface area contributed by atoms with E-state index >= 15 is 0 Å². The minimum atomic E-state index is -2.59. The molecule has 0 saturated heterocycles. The van der Waals surface area contributed by atoms with Crippen LogP contribution in [0.25, 0.3) is 11.1 Å². The maximum absolute atomic E-state index is 13.6. The molecule has 12 nitrogen and oxygen atoms in total. The Morgan fingerprint density at radius 1 is 0.382 bits per heavy atom. The third kappa shape index (κ3) is 21.7. The van der Waals surface area contributed by atoms with Gasteiger partial charge in [0.25, 0.3) is 0 Å². The second-order valence-electron chi connectivity index (χ2n) is 29.3. The summed E-state index contributed by atoms with van der Waals surface area (Å²) in [6, 6.07) is 47.1. The lowest BCUT2D eigenvalue weighted by Crippen LogP contribution is -2.56. The van der Waals surface area contributed by atoms with E-state index < -0.39 is 84.9 Å². The molecular formula is C69H102O12Si8. The SMILES string of the molecule is Cc1cc(CC2(Cc3ccc(OC(=O)COc4ccccc4CCC[Si](C)(O[Si](C)(C)C)O[Si](C)(C)O[Si](C)(C)C)c(C)c3)c3ccccc3-c3ccccc32)ccc1OC(=O)COc1ccccc1CCC[Si](C)(O[Si](C)(C)C)O[Si](C)(C)O[Si](C)(C)C. The molecule has 0 aromatic heterocycles. The number of benzene rings is 6. The van der Waals surface area contributed by atoms with E-state index in [4.69, 9.17) is 43.6 Å². The van der Waals surface area contributed by atoms with Crippen molar-refractivity contribution in [1.82, 2.24) is 0 Å². The van der Waals surface area contributed by atoms with Crippen LogP contribution in [0, 0.1) is 13.8 Å². The smallest absolute Gasteiger partial charge is 0.349 e. The van der Waals surface area contributed by atoms with Gasteiger partial charge in [0.1, 0.15) is 23.0 Å². The van der Waals surface area contributed by atoms with Gasteiger partial charge in [-0.3, -0.25) is 0 Å². The third-order valence-corrected chi connectivity index (χ3v) is 42.1. The molecule has 0 spiro atoms. The quantitative estimate of drug-likeness (QED) is 0.0227. The maximum atomic E-state index is 13.6. The van der Waals surface area contributed by atoms with Gasteiger partial charge in [0.05, 0.1) is 0 Å². The Morgan fingerprint density at radius 2 is 0.719 bits per heavy atom. The summed E-state index contributed by atoms with van der Waals surface area (Å²) in [4.78, 5) is 27.2. The van der Waals surface area contributed by atoms with Crippen molar-refractivity contribution in [1.29, 1.82) is 0 Å². The normalized spacial score (nSPS) is 14.9. The molecule has 2 unspecified atom stereocenters. The molecule has 6 aromatic rings. The number of hydrogen-bond donors (Lipinski definition) is 0. The maximum Gasteiger partial charge on any atom is 0.349 e. The van der Waals surface area contributed by atoms with Crippen molar-refractivity contribution in [3.05, 3.63) is 178 Å². The summed E-state index contributed by atoms with van der Waals surface area (Å²) in [6.07, 6.45) is 4.56. The van der Waals surface area contributed by atoms with Crippen LogP contribution in [-0.4, -0.2) is 92.7 Å². The van der Waals surface area contributed by atoms with Gasteiger partial charge in [-0.2, -0.15) is 0 Å². The molecule has 1 aliphatic carbocycles. The van der Waals surface area contributed by atoms with Gasteiger partial charge in [0, 0.05) is 5.41 Å². The Hall–Kier alpha value is -4.64. The number of para-hydroxylation sites is 2. The van der Waals surface area contributed by atoms with Crippen molar-refractivity contribution in [3.63, 3.8) is 0 Å². The summed E-state index contributed by atoms with van der Waals surface area (Å²) < 4.78 is 65.3. The zero-order valence-electron chi connectivity index (χ0n) is 57.2. The first-order valence-electron chi connectivity index (χ1n) is 31.7. The number of carbonyl (C=O) groups excluding carboxylic acids is 2. The molecular weight excluding hydrogens is 1250 g/mol. The molecule has 482 valence electrons. The van der Waals surface area contributed by atoms with Crippen molar-refractivity contribution in [2.24, 2.45) is 0 Å². The summed E-state index contributed by atoms with van der Waals surface area (Å²) in [7, 11) is -17.5. The average Bonchev–Trinajstić information content (AvgIpc) is 1.58. The first-order valence-corrected chi connectivity index (χ1v) is 56.0. The fourth-order valence-corrected chi connectivity index (χ4v) is 48.9. The molecule has 0 heterocycles. The summed E-state index contributed by atoms with van der Waals surface area (Å²) >= 11 is 0. The van der Waals surface area contributed by atoms with E-state index in [2.05, 4.69) is 203 Å². The van der Waals surface area contributed by atoms with Crippen LogP contribution in [0.1, 0.15) is 57.3 Å². The van der Waals surface area contributed by atoms with Crippen LogP contribution < -0.4 is 18.9 Å². The van der Waals surface area contributed by atoms with Crippen LogP contribution >= 0.6 is 0 Å². The van der Waals surface area contributed by atoms with Gasteiger partial charge in [-0.15, -0.1) is 0 Å². The number of aryl methyl sites for hydroxylation is 4. The summed E-state index contributed by atoms with van der Waals surface area (Å²) in [5.74, 6) is 1.36. The number of hydrogen-bond acceptors (Lipinski definition) is 12. The Labute approximate surface area is 542 Å². The van der Waals surface area contributed by atoms with Gasteiger partial charge in [0.2, 0.25) is 0 Å². The van der Waals surface area contributed by atoms with Gasteiger partial charge < -0.3 is 43.6 Å². The molecule has 89 heavy (non-hydrogen) atoms. The van der Waals surface area contributed by atoms with E-state index in [0.29, 0.717) is 35.8 Å². The first kappa shape index (κ1) is 71.8. The molecule has 0 N–H and O–H groups in total. The highest BCUT2D eigenvalue weighted by Gasteiger charge is 2.47. The van der Waals surface area contributed by atoms with Crippen molar-refractivity contribution < 1.29 is 53.2 Å². The van der Waals surface area contributed by atoms with E-state index in [1.807, 2.05) is 62.4 Å². The monoisotopic (exact) mass is 1350 g/mol. The van der Waals surface area contributed by atoms with Crippen LogP contribution in [-0.2, 0) is 65.4 Å². The topological polar surface area (TPSA) is 126 Å². The third-order valence-electron chi connectivity index (χ3n) is 15.0. The van der Waals surface area contributed by atoms with E-state index in [1.54, 1.807) is 0 Å². The van der Waals surface area contributed by atoms with Crippen molar-refractivity contribution in [2.45, 2.75) is 188 Å². The molecule has 7 rings (SSSR count). The lowest BCUT2D eigenvalue weighted by atomic mass is 9.69. The minimum Gasteiger partial charge on any atom is -0.482 e. The Balaban J connectivity index is 0.996. The summed E-state index contributed by atoms with van der Waals surface area (Å²) in [5.41, 5.74) is 10.4. The molecule has 0 fully saturated rings. The molecule has 20 heteroatoms. The predicted molar refractivity (Wildman–Crippen MR) is 382 cm³/mol. The van der Waals surface area contributed by atoms with Gasteiger partial charge >= 0.3 is 46.2 Å². The number of ether oxygens (including phenoxy) is 4. The fourth-order valence-electron chi connectivity index (χ4n) is 13.0. The van der Waals surface area contributed by atoms with Crippen LogP contribution in [0.15, 0.2) is 133 Å². The van der Waals surface area contributed by atoms with E-state index in [1.165, 1.54) is 22.3 Å². The average molecular weight is 1350 g/mol. The molecule has 0 amide bonds. The molecule has 2 atom stereocenters. The van der Waals surface area contributed by atoms with Crippen LogP contribution in [0.4, 0.5) is 0 Å². The largest absolute Gasteiger partial charge is 0.482 e. The second-order valence-corrected chi connectivity index (χ2v) is 62.2. The zero-order chi connectivity index (χ0) is 65.4. The molecule has 6 aromatic carbocycles. The van der Waals surface area contributed by atoms with E-state index in [-0.39, 0.29) is 13.2 Å². The number of rotatable bonds is 32. The van der Waals surface area contributed by atoms with Gasteiger partial charge in [-0.05, 0) is 262 Å². The van der Waals surface area contributed by atoms with Crippen molar-refractivity contribution in [2.75, 3.05) is 13.2 Å². The van der Waals surface area contributed by atoms with Crippen LogP contribution in [0.3, 0.4) is 0 Å². The van der Waals surface area contributed by atoms with E-state index in [0.717, 1.165) is 71.2 Å². The Morgan fingerprint density at radius 3 is 1.07 bits per heavy atom.